The maximum absolute atomic E-state index is 12.9. The van der Waals surface area contributed by atoms with Crippen LogP contribution in [0.15, 0.2) is 72.9 Å². The predicted octanol–water partition coefficient (Wildman–Crippen LogP) is 20.2. The van der Waals surface area contributed by atoms with E-state index in [1.54, 1.807) is 0 Å². The Morgan fingerprint density at radius 3 is 0.900 bits per heavy atom. The minimum absolute atomic E-state index is 0.0859. The Morgan fingerprint density at radius 1 is 0.286 bits per heavy atom. The summed E-state index contributed by atoms with van der Waals surface area (Å²) < 4.78 is 16.9. The second-order valence-corrected chi connectivity index (χ2v) is 20.0. The van der Waals surface area contributed by atoms with Crippen molar-refractivity contribution in [2.45, 2.75) is 303 Å². The summed E-state index contributed by atoms with van der Waals surface area (Å²) in [6, 6.07) is 0. The normalized spacial score (nSPS) is 12.6. The van der Waals surface area contributed by atoms with E-state index in [4.69, 9.17) is 14.2 Å². The number of rotatable bonds is 54. The summed E-state index contributed by atoms with van der Waals surface area (Å²) in [6.07, 6.45) is 74.6. The monoisotopic (exact) mass is 977 g/mol. The lowest BCUT2D eigenvalue weighted by Gasteiger charge is -2.18. The molecule has 0 rings (SSSR count). The Balaban J connectivity index is 4.42. The number of hydrogen-bond acceptors (Lipinski definition) is 6. The van der Waals surface area contributed by atoms with E-state index < -0.39 is 6.10 Å². The molecule has 1 unspecified atom stereocenters. The number of ether oxygens (including phenoxy) is 3. The van der Waals surface area contributed by atoms with Crippen molar-refractivity contribution in [1.29, 1.82) is 0 Å². The highest BCUT2D eigenvalue weighted by atomic mass is 16.6. The van der Waals surface area contributed by atoms with Crippen LogP contribution in [-0.4, -0.2) is 37.2 Å². The summed E-state index contributed by atoms with van der Waals surface area (Å²) in [5.74, 6) is -0.905. The zero-order chi connectivity index (χ0) is 50.7. The first-order valence-electron chi connectivity index (χ1n) is 30.0. The van der Waals surface area contributed by atoms with Gasteiger partial charge in [-0.3, -0.25) is 14.4 Å². The van der Waals surface area contributed by atoms with Crippen LogP contribution in [0, 0.1) is 0 Å². The van der Waals surface area contributed by atoms with Crippen LogP contribution in [0.2, 0.25) is 0 Å². The fourth-order valence-electron chi connectivity index (χ4n) is 8.53. The van der Waals surface area contributed by atoms with Crippen LogP contribution < -0.4 is 0 Å². The van der Waals surface area contributed by atoms with Crippen LogP contribution in [0.1, 0.15) is 297 Å². The van der Waals surface area contributed by atoms with E-state index in [-0.39, 0.29) is 31.1 Å². The Kier molecular flexibility index (Phi) is 55.8. The Morgan fingerprint density at radius 2 is 0.557 bits per heavy atom. The Bertz CT molecular complexity index is 1310. The standard InChI is InChI=1S/C64H112O6/c1-4-7-10-13-16-19-22-25-28-31-33-36-39-42-45-48-51-54-57-63(66)69-60-61(59-68-62(65)56-53-50-47-44-41-38-35-30-27-24-21-18-15-12-9-6-3)70-64(67)58-55-52-49-46-43-40-37-34-32-29-26-23-20-17-14-11-8-5-2/h10,13,16,19,22,25,28,30-31,33,35-36,61H,4-9,11-12,14-15,17-18,20-21,23-24,26-27,29,32,34,37-60H2,1-3H3/b13-10-,19-16-,25-22-,31-28-,35-30-,36-33-. The first-order valence-corrected chi connectivity index (χ1v) is 30.0. The minimum atomic E-state index is -0.789. The summed E-state index contributed by atoms with van der Waals surface area (Å²) in [5.41, 5.74) is 0. The quantitative estimate of drug-likeness (QED) is 0.0199. The van der Waals surface area contributed by atoms with Crippen LogP contribution in [0.3, 0.4) is 0 Å². The molecule has 0 heterocycles. The lowest BCUT2D eigenvalue weighted by molar-refractivity contribution is -0.167. The molecule has 0 aromatic rings. The Hall–Kier alpha value is -3.15. The van der Waals surface area contributed by atoms with Gasteiger partial charge in [0.05, 0.1) is 0 Å². The van der Waals surface area contributed by atoms with Crippen molar-refractivity contribution < 1.29 is 28.6 Å². The van der Waals surface area contributed by atoms with Crippen molar-refractivity contribution >= 4 is 17.9 Å². The average Bonchev–Trinajstić information content (AvgIpc) is 3.36. The van der Waals surface area contributed by atoms with Gasteiger partial charge in [-0.25, -0.2) is 0 Å². The average molecular weight is 978 g/mol. The summed E-state index contributed by atoms with van der Waals surface area (Å²) >= 11 is 0. The van der Waals surface area contributed by atoms with Crippen LogP contribution >= 0.6 is 0 Å². The van der Waals surface area contributed by atoms with Crippen molar-refractivity contribution in [3.63, 3.8) is 0 Å². The lowest BCUT2D eigenvalue weighted by atomic mass is 10.0. The smallest absolute Gasteiger partial charge is 0.306 e. The molecule has 404 valence electrons. The van der Waals surface area contributed by atoms with Crippen LogP contribution in [0.5, 0.6) is 0 Å². The van der Waals surface area contributed by atoms with E-state index in [1.807, 2.05) is 24.3 Å². The molecule has 70 heavy (non-hydrogen) atoms. The molecule has 0 N–H and O–H groups in total. The second-order valence-electron chi connectivity index (χ2n) is 20.0. The molecule has 0 radical (unpaired) electrons. The molecule has 0 aromatic heterocycles. The first-order chi connectivity index (χ1) is 34.5. The molecular weight excluding hydrogens is 865 g/mol. The van der Waals surface area contributed by atoms with E-state index in [1.165, 1.54) is 167 Å². The van der Waals surface area contributed by atoms with Crippen LogP contribution in [0.4, 0.5) is 0 Å². The predicted molar refractivity (Wildman–Crippen MR) is 302 cm³/mol. The van der Waals surface area contributed by atoms with Crippen molar-refractivity contribution in [3.05, 3.63) is 72.9 Å². The molecule has 0 aliphatic rings. The molecular formula is C64H112O6. The summed E-state index contributed by atoms with van der Waals surface area (Å²) in [7, 11) is 0. The number of allylic oxidation sites excluding steroid dienone is 12. The largest absolute Gasteiger partial charge is 0.462 e. The van der Waals surface area contributed by atoms with Gasteiger partial charge in [-0.15, -0.1) is 0 Å². The molecule has 1 atom stereocenters. The molecule has 0 saturated heterocycles. The molecule has 0 amide bonds. The van der Waals surface area contributed by atoms with Gasteiger partial charge in [0.2, 0.25) is 0 Å². The van der Waals surface area contributed by atoms with E-state index >= 15 is 0 Å². The molecule has 0 bridgehead atoms. The highest BCUT2D eigenvalue weighted by molar-refractivity contribution is 5.71. The van der Waals surface area contributed by atoms with E-state index in [2.05, 4.69) is 69.4 Å². The van der Waals surface area contributed by atoms with Crippen molar-refractivity contribution in [2.75, 3.05) is 13.2 Å². The zero-order valence-corrected chi connectivity index (χ0v) is 46.3. The number of hydrogen-bond donors (Lipinski definition) is 0. The third-order valence-corrected chi connectivity index (χ3v) is 13.0. The third-order valence-electron chi connectivity index (χ3n) is 13.0. The van der Waals surface area contributed by atoms with Crippen molar-refractivity contribution in [3.8, 4) is 0 Å². The van der Waals surface area contributed by atoms with Crippen molar-refractivity contribution in [1.82, 2.24) is 0 Å². The topological polar surface area (TPSA) is 78.9 Å². The van der Waals surface area contributed by atoms with E-state index in [9.17, 15) is 14.4 Å². The van der Waals surface area contributed by atoms with Gasteiger partial charge >= 0.3 is 17.9 Å². The lowest BCUT2D eigenvalue weighted by Crippen LogP contribution is -2.30. The molecule has 6 nitrogen and oxygen atoms in total. The van der Waals surface area contributed by atoms with Gasteiger partial charge in [0.15, 0.2) is 6.10 Å². The summed E-state index contributed by atoms with van der Waals surface area (Å²) in [6.45, 7) is 6.56. The molecule has 0 saturated carbocycles. The molecule has 0 aliphatic heterocycles. The fraction of sp³-hybridized carbons (Fsp3) is 0.766. The van der Waals surface area contributed by atoms with Gasteiger partial charge < -0.3 is 14.2 Å². The Labute approximate surface area is 433 Å². The van der Waals surface area contributed by atoms with Crippen LogP contribution in [-0.2, 0) is 28.6 Å². The second kappa shape index (κ2) is 58.4. The molecule has 0 aromatic carbocycles. The summed E-state index contributed by atoms with van der Waals surface area (Å²) in [4.78, 5) is 38.2. The number of unbranched alkanes of at least 4 members (excludes halogenated alkanes) is 35. The van der Waals surface area contributed by atoms with Gasteiger partial charge in [0, 0.05) is 19.3 Å². The molecule has 0 fully saturated rings. The van der Waals surface area contributed by atoms with Crippen LogP contribution in [0.25, 0.3) is 0 Å². The maximum Gasteiger partial charge on any atom is 0.306 e. The van der Waals surface area contributed by atoms with E-state index in [0.717, 1.165) is 89.9 Å². The number of carbonyl (C=O) groups is 3. The molecule has 0 aliphatic carbocycles. The van der Waals surface area contributed by atoms with Gasteiger partial charge in [-0.2, -0.15) is 0 Å². The number of carbonyl (C=O) groups excluding carboxylic acids is 3. The fourth-order valence-corrected chi connectivity index (χ4v) is 8.53. The maximum atomic E-state index is 12.9. The first kappa shape index (κ1) is 66.9. The van der Waals surface area contributed by atoms with Gasteiger partial charge in [0.1, 0.15) is 13.2 Å². The summed E-state index contributed by atoms with van der Waals surface area (Å²) in [5, 5.41) is 0. The van der Waals surface area contributed by atoms with Gasteiger partial charge in [-0.05, 0) is 64.2 Å². The minimum Gasteiger partial charge on any atom is -0.462 e. The zero-order valence-electron chi connectivity index (χ0n) is 46.3. The molecule has 6 heteroatoms. The van der Waals surface area contributed by atoms with Gasteiger partial charge in [-0.1, -0.05) is 286 Å². The molecule has 0 spiro atoms. The highest BCUT2D eigenvalue weighted by Gasteiger charge is 2.19. The van der Waals surface area contributed by atoms with Gasteiger partial charge in [0.25, 0.3) is 0 Å². The van der Waals surface area contributed by atoms with Crippen molar-refractivity contribution in [2.24, 2.45) is 0 Å². The number of esters is 3. The highest BCUT2D eigenvalue weighted by Crippen LogP contribution is 2.16. The SMILES string of the molecule is CCC\C=C/C=C\C=C/C=C\C=C/CCCCCCCC(=O)OCC(COC(=O)CCCCCCC/C=C\CCCCCCCCC)OC(=O)CCCCCCCCCCCCCCCCCCCC. The van der Waals surface area contributed by atoms with E-state index in [0.29, 0.717) is 19.3 Å². The third kappa shape index (κ3) is 55.8.